The molecule has 0 aliphatic carbocycles. The second-order valence-corrected chi connectivity index (χ2v) is 2.73. The third-order valence-electron chi connectivity index (χ3n) is 1.56. The predicted molar refractivity (Wildman–Crippen MR) is 44.9 cm³/mol. The summed E-state index contributed by atoms with van der Waals surface area (Å²) < 4.78 is 0. The quantitative estimate of drug-likeness (QED) is 0.293. The number of unbranched alkanes of at least 4 members (excludes halogenated alkanes) is 2. The van der Waals surface area contributed by atoms with Crippen LogP contribution in [0.15, 0.2) is 11.6 Å². The van der Waals surface area contributed by atoms with Crippen LogP contribution in [0.3, 0.4) is 0 Å². The SMILES string of the molecule is CCCC/C=C(/CC(=O)[O-])C(=O)O.[Na+]. The summed E-state index contributed by atoms with van der Waals surface area (Å²) in [6, 6.07) is 0. The summed E-state index contributed by atoms with van der Waals surface area (Å²) >= 11 is 0. The first kappa shape index (κ1) is 16.1. The molecule has 0 aromatic carbocycles. The van der Waals surface area contributed by atoms with Gasteiger partial charge in [0.05, 0.1) is 0 Å². The molecule has 0 saturated carbocycles. The minimum Gasteiger partial charge on any atom is -0.550 e. The van der Waals surface area contributed by atoms with Crippen molar-refractivity contribution < 1.29 is 49.4 Å². The van der Waals surface area contributed by atoms with Gasteiger partial charge in [-0.1, -0.05) is 25.8 Å². The Morgan fingerprint density at radius 3 is 2.36 bits per heavy atom. The van der Waals surface area contributed by atoms with Gasteiger partial charge in [-0.2, -0.15) is 0 Å². The van der Waals surface area contributed by atoms with E-state index in [9.17, 15) is 14.7 Å². The van der Waals surface area contributed by atoms with Crippen molar-refractivity contribution in [2.24, 2.45) is 0 Å². The van der Waals surface area contributed by atoms with Crippen molar-refractivity contribution in [3.8, 4) is 0 Å². The molecule has 0 aliphatic heterocycles. The number of carbonyl (C=O) groups excluding carboxylic acids is 1. The molecule has 4 nitrogen and oxygen atoms in total. The molecule has 74 valence electrons. The van der Waals surface area contributed by atoms with Crippen molar-refractivity contribution >= 4 is 11.9 Å². The molecule has 0 aromatic heterocycles. The molecular formula is C9H13NaO4. The summed E-state index contributed by atoms with van der Waals surface area (Å²) in [4.78, 5) is 20.6. The van der Waals surface area contributed by atoms with Crippen molar-refractivity contribution in [3.63, 3.8) is 0 Å². The van der Waals surface area contributed by atoms with E-state index in [1.165, 1.54) is 6.08 Å². The van der Waals surface area contributed by atoms with Crippen molar-refractivity contribution in [1.82, 2.24) is 0 Å². The molecule has 0 bridgehead atoms. The van der Waals surface area contributed by atoms with Gasteiger partial charge in [0.1, 0.15) is 0 Å². The molecule has 0 aromatic rings. The van der Waals surface area contributed by atoms with Crippen LogP contribution in [0.4, 0.5) is 0 Å². The van der Waals surface area contributed by atoms with Crippen LogP contribution in [0.1, 0.15) is 32.6 Å². The number of hydrogen-bond donors (Lipinski definition) is 1. The third kappa shape index (κ3) is 8.29. The summed E-state index contributed by atoms with van der Waals surface area (Å²) in [6.45, 7) is 1.98. The Balaban J connectivity index is 0. The van der Waals surface area contributed by atoms with Gasteiger partial charge >= 0.3 is 35.5 Å². The first-order chi connectivity index (χ1) is 6.07. The Morgan fingerprint density at radius 2 is 2.00 bits per heavy atom. The van der Waals surface area contributed by atoms with Gasteiger partial charge in [-0.05, 0) is 6.42 Å². The summed E-state index contributed by atoms with van der Waals surface area (Å²) in [5, 5.41) is 18.7. The molecule has 14 heavy (non-hydrogen) atoms. The molecule has 0 atom stereocenters. The van der Waals surface area contributed by atoms with Gasteiger partial charge in [-0.3, -0.25) is 0 Å². The van der Waals surface area contributed by atoms with Gasteiger partial charge in [0.15, 0.2) is 0 Å². The molecule has 0 saturated heterocycles. The van der Waals surface area contributed by atoms with Gasteiger partial charge in [0.2, 0.25) is 0 Å². The van der Waals surface area contributed by atoms with E-state index in [1.807, 2.05) is 6.92 Å². The van der Waals surface area contributed by atoms with Crippen LogP contribution in [0.5, 0.6) is 0 Å². The molecule has 1 N–H and O–H groups in total. The minimum atomic E-state index is -1.36. The number of carboxylic acids is 2. The van der Waals surface area contributed by atoms with Crippen LogP contribution in [-0.4, -0.2) is 17.0 Å². The maximum Gasteiger partial charge on any atom is 1.00 e. The van der Waals surface area contributed by atoms with E-state index >= 15 is 0 Å². The Labute approximate surface area is 105 Å². The summed E-state index contributed by atoms with van der Waals surface area (Å²) in [7, 11) is 0. The molecule has 5 heteroatoms. The molecule has 0 fully saturated rings. The molecular weight excluding hydrogens is 195 g/mol. The first-order valence-corrected chi connectivity index (χ1v) is 4.20. The van der Waals surface area contributed by atoms with Gasteiger partial charge in [-0.15, -0.1) is 0 Å². The maximum absolute atomic E-state index is 10.5. The monoisotopic (exact) mass is 208 g/mol. The van der Waals surface area contributed by atoms with Gasteiger partial charge in [-0.25, -0.2) is 4.79 Å². The molecule has 0 amide bonds. The van der Waals surface area contributed by atoms with Gasteiger partial charge in [0, 0.05) is 18.0 Å². The van der Waals surface area contributed by atoms with Crippen molar-refractivity contribution in [1.29, 1.82) is 0 Å². The number of hydrogen-bond acceptors (Lipinski definition) is 3. The first-order valence-electron chi connectivity index (χ1n) is 4.20. The number of rotatable bonds is 6. The molecule has 0 rings (SSSR count). The van der Waals surface area contributed by atoms with E-state index < -0.39 is 18.4 Å². The van der Waals surface area contributed by atoms with Crippen molar-refractivity contribution in [3.05, 3.63) is 11.6 Å². The van der Waals surface area contributed by atoms with Crippen LogP contribution in [0.2, 0.25) is 0 Å². The number of carboxylic acid groups (broad SMARTS) is 2. The summed E-state index contributed by atoms with van der Waals surface area (Å²) in [5.41, 5.74) is -0.0894. The van der Waals surface area contributed by atoms with E-state index in [2.05, 4.69) is 0 Å². The topological polar surface area (TPSA) is 77.4 Å². The van der Waals surface area contributed by atoms with Crippen LogP contribution in [0, 0.1) is 0 Å². The summed E-state index contributed by atoms with van der Waals surface area (Å²) in [5.74, 6) is -2.54. The van der Waals surface area contributed by atoms with Crippen LogP contribution < -0.4 is 34.7 Å². The zero-order valence-electron chi connectivity index (χ0n) is 8.58. The molecule has 0 spiro atoms. The number of aliphatic carboxylic acids is 2. The molecule has 0 radical (unpaired) electrons. The van der Waals surface area contributed by atoms with E-state index in [4.69, 9.17) is 5.11 Å². The van der Waals surface area contributed by atoms with Gasteiger partial charge < -0.3 is 15.0 Å². The fourth-order valence-electron chi connectivity index (χ4n) is 0.871. The Hall–Kier alpha value is -0.320. The van der Waals surface area contributed by atoms with Crippen molar-refractivity contribution in [2.75, 3.05) is 0 Å². The molecule has 0 aliphatic rings. The summed E-state index contributed by atoms with van der Waals surface area (Å²) in [6.07, 6.45) is 3.35. The maximum atomic E-state index is 10.5. The van der Waals surface area contributed by atoms with Crippen LogP contribution in [0.25, 0.3) is 0 Å². The third-order valence-corrected chi connectivity index (χ3v) is 1.56. The van der Waals surface area contributed by atoms with Crippen LogP contribution >= 0.6 is 0 Å². The van der Waals surface area contributed by atoms with E-state index in [0.29, 0.717) is 6.42 Å². The van der Waals surface area contributed by atoms with Crippen LogP contribution in [-0.2, 0) is 9.59 Å². The number of carbonyl (C=O) groups is 2. The Kier molecular flexibility index (Phi) is 10.6. The molecule has 0 unspecified atom stereocenters. The smallest absolute Gasteiger partial charge is 0.550 e. The fourth-order valence-corrected chi connectivity index (χ4v) is 0.871. The van der Waals surface area contributed by atoms with Crippen molar-refractivity contribution in [2.45, 2.75) is 32.6 Å². The average molecular weight is 208 g/mol. The second-order valence-electron chi connectivity index (χ2n) is 2.73. The number of allylic oxidation sites excluding steroid dienone is 1. The fraction of sp³-hybridized carbons (Fsp3) is 0.556. The van der Waals surface area contributed by atoms with E-state index in [1.54, 1.807) is 0 Å². The zero-order chi connectivity index (χ0) is 10.3. The standard InChI is InChI=1S/C9H14O4.Na/c1-2-3-4-5-7(9(12)13)6-8(10)11;/h5H,2-4,6H2,1H3,(H,10,11)(H,12,13);/q;+1/p-1/b7-5-;. The molecule has 0 heterocycles. The Morgan fingerprint density at radius 1 is 1.43 bits per heavy atom. The van der Waals surface area contributed by atoms with E-state index in [0.717, 1.165) is 12.8 Å². The predicted octanol–water partition coefficient (Wildman–Crippen LogP) is -2.67. The zero-order valence-corrected chi connectivity index (χ0v) is 10.6. The largest absolute Gasteiger partial charge is 1.00 e. The second kappa shape index (κ2) is 9.24. The minimum absolute atomic E-state index is 0. The van der Waals surface area contributed by atoms with E-state index in [-0.39, 0.29) is 35.1 Å². The average Bonchev–Trinajstić information content (AvgIpc) is 2.02. The Bertz CT molecular complexity index is 223. The van der Waals surface area contributed by atoms with Gasteiger partial charge in [0.25, 0.3) is 0 Å². The normalized spacial score (nSPS) is 10.5.